The molecule has 0 aromatic heterocycles. The number of rotatable bonds is 7. The molecular formula is C15H24FN. The van der Waals surface area contributed by atoms with Gasteiger partial charge >= 0.3 is 0 Å². The molecule has 0 amide bonds. The summed E-state index contributed by atoms with van der Waals surface area (Å²) < 4.78 is 13.5. The van der Waals surface area contributed by atoms with E-state index in [1.54, 1.807) is 13.0 Å². The molecule has 1 aromatic carbocycles. The van der Waals surface area contributed by atoms with E-state index in [0.717, 1.165) is 17.5 Å². The summed E-state index contributed by atoms with van der Waals surface area (Å²) in [6, 6.07) is 5.83. The van der Waals surface area contributed by atoms with Crippen molar-refractivity contribution in [3.8, 4) is 0 Å². The van der Waals surface area contributed by atoms with Crippen molar-refractivity contribution in [2.75, 3.05) is 7.05 Å². The monoisotopic (exact) mass is 237 g/mol. The molecule has 0 bridgehead atoms. The van der Waals surface area contributed by atoms with Crippen LogP contribution in [0.5, 0.6) is 0 Å². The van der Waals surface area contributed by atoms with Gasteiger partial charge in [-0.15, -0.1) is 0 Å². The van der Waals surface area contributed by atoms with Crippen molar-refractivity contribution in [3.63, 3.8) is 0 Å². The molecule has 0 saturated heterocycles. The van der Waals surface area contributed by atoms with Gasteiger partial charge in [-0.3, -0.25) is 0 Å². The van der Waals surface area contributed by atoms with E-state index < -0.39 is 0 Å². The van der Waals surface area contributed by atoms with Crippen LogP contribution in [0.4, 0.5) is 4.39 Å². The van der Waals surface area contributed by atoms with Crippen LogP contribution in [0.1, 0.15) is 56.2 Å². The van der Waals surface area contributed by atoms with E-state index in [1.165, 1.54) is 25.7 Å². The minimum Gasteiger partial charge on any atom is -0.313 e. The summed E-state index contributed by atoms with van der Waals surface area (Å²) in [6.45, 7) is 4.01. The first-order chi connectivity index (χ1) is 8.19. The van der Waals surface area contributed by atoms with E-state index in [0.29, 0.717) is 0 Å². The molecular weight excluding hydrogens is 213 g/mol. The maximum atomic E-state index is 13.5. The summed E-state index contributed by atoms with van der Waals surface area (Å²) in [5.74, 6) is -0.101. The van der Waals surface area contributed by atoms with Crippen LogP contribution in [0.25, 0.3) is 0 Å². The Kier molecular flexibility index (Phi) is 6.20. The number of hydrogen-bond donors (Lipinski definition) is 1. The lowest BCUT2D eigenvalue weighted by molar-refractivity contribution is 0.501. The largest absolute Gasteiger partial charge is 0.313 e. The van der Waals surface area contributed by atoms with Gasteiger partial charge in [-0.1, -0.05) is 44.7 Å². The SMILES string of the molecule is CCCCCCC(NC)c1ccc(C)c(F)c1. The highest BCUT2D eigenvalue weighted by Gasteiger charge is 2.10. The average molecular weight is 237 g/mol. The second-order valence-corrected chi connectivity index (χ2v) is 4.70. The molecule has 1 aromatic rings. The van der Waals surface area contributed by atoms with Crippen molar-refractivity contribution in [1.29, 1.82) is 0 Å². The maximum Gasteiger partial charge on any atom is 0.126 e. The van der Waals surface area contributed by atoms with Crippen LogP contribution >= 0.6 is 0 Å². The Balaban J connectivity index is 2.56. The van der Waals surface area contributed by atoms with Gasteiger partial charge in [0, 0.05) is 6.04 Å². The van der Waals surface area contributed by atoms with Crippen LogP contribution in [0.2, 0.25) is 0 Å². The van der Waals surface area contributed by atoms with Gasteiger partial charge in [-0.05, 0) is 37.6 Å². The zero-order valence-electron chi connectivity index (χ0n) is 11.2. The summed E-state index contributed by atoms with van der Waals surface area (Å²) in [5, 5.41) is 3.28. The Morgan fingerprint density at radius 2 is 2.00 bits per heavy atom. The van der Waals surface area contributed by atoms with Crippen molar-refractivity contribution >= 4 is 0 Å². The van der Waals surface area contributed by atoms with Crippen molar-refractivity contribution in [3.05, 3.63) is 35.1 Å². The van der Waals surface area contributed by atoms with Crippen LogP contribution < -0.4 is 5.32 Å². The summed E-state index contributed by atoms with van der Waals surface area (Å²) in [7, 11) is 1.95. The highest BCUT2D eigenvalue weighted by Crippen LogP contribution is 2.21. The fourth-order valence-corrected chi connectivity index (χ4v) is 2.08. The van der Waals surface area contributed by atoms with Crippen LogP contribution in [0.3, 0.4) is 0 Å². The lowest BCUT2D eigenvalue weighted by Crippen LogP contribution is -2.16. The van der Waals surface area contributed by atoms with Gasteiger partial charge in [0.15, 0.2) is 0 Å². The Morgan fingerprint density at radius 1 is 1.24 bits per heavy atom. The lowest BCUT2D eigenvalue weighted by Gasteiger charge is -2.17. The van der Waals surface area contributed by atoms with E-state index in [1.807, 2.05) is 19.2 Å². The maximum absolute atomic E-state index is 13.5. The fraction of sp³-hybridized carbons (Fsp3) is 0.600. The smallest absolute Gasteiger partial charge is 0.126 e. The first kappa shape index (κ1) is 14.2. The van der Waals surface area contributed by atoms with E-state index in [4.69, 9.17) is 0 Å². The Bertz CT molecular complexity index is 336. The van der Waals surface area contributed by atoms with Gasteiger partial charge in [-0.2, -0.15) is 0 Å². The minimum atomic E-state index is -0.101. The zero-order chi connectivity index (χ0) is 12.7. The average Bonchev–Trinajstić information content (AvgIpc) is 2.33. The van der Waals surface area contributed by atoms with Gasteiger partial charge in [0.1, 0.15) is 5.82 Å². The number of nitrogens with one attached hydrogen (secondary N) is 1. The molecule has 1 N–H and O–H groups in total. The minimum absolute atomic E-state index is 0.101. The van der Waals surface area contributed by atoms with E-state index >= 15 is 0 Å². The van der Waals surface area contributed by atoms with E-state index in [9.17, 15) is 4.39 Å². The molecule has 0 radical (unpaired) electrons. The molecule has 0 saturated carbocycles. The molecule has 0 heterocycles. The summed E-state index contributed by atoms with van der Waals surface area (Å²) in [5.41, 5.74) is 1.78. The Labute approximate surface area is 104 Å². The fourth-order valence-electron chi connectivity index (χ4n) is 2.08. The molecule has 0 fully saturated rings. The number of hydrogen-bond acceptors (Lipinski definition) is 1. The molecule has 0 aliphatic rings. The Hall–Kier alpha value is -0.890. The third-order valence-electron chi connectivity index (χ3n) is 3.29. The molecule has 0 aliphatic carbocycles. The van der Waals surface area contributed by atoms with Crippen molar-refractivity contribution in [2.24, 2.45) is 0 Å². The summed E-state index contributed by atoms with van der Waals surface area (Å²) in [4.78, 5) is 0. The van der Waals surface area contributed by atoms with Crippen LogP contribution in [0.15, 0.2) is 18.2 Å². The first-order valence-corrected chi connectivity index (χ1v) is 6.62. The number of aryl methyl sites for hydroxylation is 1. The third kappa shape index (κ3) is 4.47. The topological polar surface area (TPSA) is 12.0 Å². The quantitative estimate of drug-likeness (QED) is 0.695. The normalized spacial score (nSPS) is 12.7. The predicted molar refractivity (Wildman–Crippen MR) is 71.7 cm³/mol. The summed E-state index contributed by atoms with van der Waals surface area (Å²) >= 11 is 0. The van der Waals surface area contributed by atoms with Crippen molar-refractivity contribution in [1.82, 2.24) is 5.32 Å². The lowest BCUT2D eigenvalue weighted by atomic mass is 9.99. The number of halogens is 1. The molecule has 17 heavy (non-hydrogen) atoms. The first-order valence-electron chi connectivity index (χ1n) is 6.62. The van der Waals surface area contributed by atoms with E-state index in [2.05, 4.69) is 12.2 Å². The van der Waals surface area contributed by atoms with Gasteiger partial charge in [0.2, 0.25) is 0 Å². The predicted octanol–water partition coefficient (Wildman–Crippen LogP) is 4.37. The van der Waals surface area contributed by atoms with Crippen LogP contribution in [-0.4, -0.2) is 7.05 Å². The molecule has 1 unspecified atom stereocenters. The molecule has 96 valence electrons. The second kappa shape index (κ2) is 7.44. The van der Waals surface area contributed by atoms with Crippen LogP contribution in [0, 0.1) is 12.7 Å². The van der Waals surface area contributed by atoms with Crippen molar-refractivity contribution in [2.45, 2.75) is 52.0 Å². The van der Waals surface area contributed by atoms with Gasteiger partial charge in [0.25, 0.3) is 0 Å². The van der Waals surface area contributed by atoms with Gasteiger partial charge < -0.3 is 5.32 Å². The highest BCUT2D eigenvalue weighted by atomic mass is 19.1. The molecule has 1 nitrogen and oxygen atoms in total. The van der Waals surface area contributed by atoms with E-state index in [-0.39, 0.29) is 11.9 Å². The molecule has 0 aliphatic heterocycles. The second-order valence-electron chi connectivity index (χ2n) is 4.70. The zero-order valence-corrected chi connectivity index (χ0v) is 11.2. The molecule has 2 heteroatoms. The summed E-state index contributed by atoms with van der Waals surface area (Å²) in [6.07, 6.45) is 6.10. The highest BCUT2D eigenvalue weighted by molar-refractivity contribution is 5.25. The van der Waals surface area contributed by atoms with Crippen LogP contribution in [-0.2, 0) is 0 Å². The standard InChI is InChI=1S/C15H24FN/c1-4-5-6-7-8-15(17-3)13-10-9-12(2)14(16)11-13/h9-11,15,17H,4-8H2,1-3H3. The molecule has 1 atom stereocenters. The van der Waals surface area contributed by atoms with Crippen molar-refractivity contribution < 1.29 is 4.39 Å². The van der Waals surface area contributed by atoms with Gasteiger partial charge in [0.05, 0.1) is 0 Å². The number of unbranched alkanes of at least 4 members (excludes halogenated alkanes) is 3. The van der Waals surface area contributed by atoms with Gasteiger partial charge in [-0.25, -0.2) is 4.39 Å². The molecule has 1 rings (SSSR count). The molecule has 0 spiro atoms. The number of benzene rings is 1. The third-order valence-corrected chi connectivity index (χ3v) is 3.29. The Morgan fingerprint density at radius 3 is 2.59 bits per heavy atom.